The molecule has 1 N–H and O–H groups in total. The third kappa shape index (κ3) is 4.03. The minimum absolute atomic E-state index is 0.0179. The van der Waals surface area contributed by atoms with E-state index in [1.807, 2.05) is 43.0 Å². The van der Waals surface area contributed by atoms with Crippen LogP contribution in [0.4, 0.5) is 0 Å². The molecule has 2 aromatic heterocycles. The van der Waals surface area contributed by atoms with E-state index in [1.165, 1.54) is 0 Å². The molecule has 1 aliphatic heterocycles. The van der Waals surface area contributed by atoms with Crippen LogP contribution in [0.2, 0.25) is 0 Å². The van der Waals surface area contributed by atoms with Crippen LogP contribution in [0.15, 0.2) is 48.8 Å². The number of carbonyl (C=O) groups is 2. The maximum absolute atomic E-state index is 12.8. The summed E-state index contributed by atoms with van der Waals surface area (Å²) in [5.74, 6) is -0.0876. The number of aromatic amines is 1. The van der Waals surface area contributed by atoms with Crippen LogP contribution in [-0.2, 0) is 0 Å². The van der Waals surface area contributed by atoms with Gasteiger partial charge in [0, 0.05) is 49.7 Å². The number of nitrogens with one attached hydrogen (secondary N) is 1. The van der Waals surface area contributed by atoms with Crippen LogP contribution in [0.3, 0.4) is 0 Å². The van der Waals surface area contributed by atoms with Crippen LogP contribution in [0, 0.1) is 13.8 Å². The van der Waals surface area contributed by atoms with Crippen molar-refractivity contribution in [2.45, 2.75) is 13.8 Å². The van der Waals surface area contributed by atoms with Crippen molar-refractivity contribution in [3.63, 3.8) is 0 Å². The highest BCUT2D eigenvalue weighted by Crippen LogP contribution is 2.18. The van der Waals surface area contributed by atoms with Gasteiger partial charge in [0.2, 0.25) is 0 Å². The van der Waals surface area contributed by atoms with Gasteiger partial charge in [0.1, 0.15) is 5.69 Å². The lowest BCUT2D eigenvalue weighted by Crippen LogP contribution is -2.50. The first-order chi connectivity index (χ1) is 14.0. The predicted molar refractivity (Wildman–Crippen MR) is 110 cm³/mol. The number of benzene rings is 1. The van der Waals surface area contributed by atoms with Crippen LogP contribution in [-0.4, -0.2) is 63.0 Å². The van der Waals surface area contributed by atoms with Gasteiger partial charge in [-0.1, -0.05) is 17.2 Å². The minimum atomic E-state index is -0.105. The number of hydrogen-bond acceptors (Lipinski definition) is 4. The van der Waals surface area contributed by atoms with Crippen LogP contribution in [0.1, 0.15) is 32.0 Å². The zero-order valence-electron chi connectivity index (χ0n) is 16.6. The molecule has 0 bridgehead atoms. The Kier molecular flexibility index (Phi) is 5.12. The third-order valence-corrected chi connectivity index (χ3v) is 5.09. The zero-order valence-corrected chi connectivity index (χ0v) is 16.6. The molecule has 1 fully saturated rings. The predicted octanol–water partition coefficient (Wildman–Crippen LogP) is 2.69. The van der Waals surface area contributed by atoms with E-state index in [2.05, 4.69) is 21.2 Å². The molecular weight excluding hydrogens is 366 g/mol. The van der Waals surface area contributed by atoms with E-state index in [1.54, 1.807) is 23.4 Å². The summed E-state index contributed by atoms with van der Waals surface area (Å²) in [5, 5.41) is 7.05. The maximum atomic E-state index is 12.8. The van der Waals surface area contributed by atoms with Gasteiger partial charge in [-0.05, 0) is 44.2 Å². The fourth-order valence-corrected chi connectivity index (χ4v) is 3.66. The van der Waals surface area contributed by atoms with Crippen LogP contribution in [0.5, 0.6) is 0 Å². The number of hydrogen-bond donors (Lipinski definition) is 1. The van der Waals surface area contributed by atoms with E-state index >= 15 is 0 Å². The average molecular weight is 389 g/mol. The molecule has 4 rings (SSSR count). The summed E-state index contributed by atoms with van der Waals surface area (Å²) in [4.78, 5) is 33.3. The lowest BCUT2D eigenvalue weighted by Gasteiger charge is -2.34. The summed E-state index contributed by atoms with van der Waals surface area (Å²) < 4.78 is 0. The van der Waals surface area contributed by atoms with E-state index in [4.69, 9.17) is 0 Å². The Balaban J connectivity index is 1.40. The smallest absolute Gasteiger partial charge is 0.272 e. The minimum Gasteiger partial charge on any atom is -0.335 e. The van der Waals surface area contributed by atoms with Crippen molar-refractivity contribution in [2.75, 3.05) is 26.2 Å². The molecule has 0 spiro atoms. The summed E-state index contributed by atoms with van der Waals surface area (Å²) >= 11 is 0. The van der Waals surface area contributed by atoms with Crippen molar-refractivity contribution in [2.24, 2.45) is 0 Å². The Hall–Kier alpha value is -3.48. The van der Waals surface area contributed by atoms with Gasteiger partial charge >= 0.3 is 0 Å². The Morgan fingerprint density at radius 3 is 2.21 bits per heavy atom. The molecule has 0 unspecified atom stereocenters. The number of pyridine rings is 1. The normalized spacial score (nSPS) is 14.1. The Morgan fingerprint density at radius 1 is 0.931 bits per heavy atom. The number of rotatable bonds is 3. The highest BCUT2D eigenvalue weighted by molar-refractivity contribution is 5.96. The Bertz CT molecular complexity index is 1020. The molecule has 3 aromatic rings. The number of aryl methyl sites for hydroxylation is 2. The van der Waals surface area contributed by atoms with E-state index in [0.717, 1.165) is 16.7 Å². The zero-order chi connectivity index (χ0) is 20.4. The second kappa shape index (κ2) is 7.87. The van der Waals surface area contributed by atoms with Crippen molar-refractivity contribution in [1.29, 1.82) is 0 Å². The van der Waals surface area contributed by atoms with E-state index in [0.29, 0.717) is 43.1 Å². The second-order valence-electron chi connectivity index (χ2n) is 7.37. The second-order valence-corrected chi connectivity index (χ2v) is 7.37. The Morgan fingerprint density at radius 2 is 1.59 bits per heavy atom. The molecular formula is C22H23N5O2. The van der Waals surface area contributed by atoms with Gasteiger partial charge in [0.15, 0.2) is 0 Å². The fraction of sp³-hybridized carbons (Fsp3) is 0.273. The maximum Gasteiger partial charge on any atom is 0.272 e. The monoisotopic (exact) mass is 389 g/mol. The van der Waals surface area contributed by atoms with Gasteiger partial charge in [-0.2, -0.15) is 5.10 Å². The van der Waals surface area contributed by atoms with Crippen molar-refractivity contribution in [1.82, 2.24) is 25.0 Å². The topological polar surface area (TPSA) is 82.2 Å². The van der Waals surface area contributed by atoms with Crippen LogP contribution >= 0.6 is 0 Å². The van der Waals surface area contributed by atoms with Gasteiger partial charge < -0.3 is 9.80 Å². The molecule has 7 nitrogen and oxygen atoms in total. The molecule has 0 atom stereocenters. The first-order valence-corrected chi connectivity index (χ1v) is 9.64. The average Bonchev–Trinajstić information content (AvgIpc) is 3.23. The lowest BCUT2D eigenvalue weighted by molar-refractivity contribution is 0.0532. The number of H-pyrrole nitrogens is 1. The SMILES string of the molecule is Cc1cc(C)cc(C(=O)N2CCN(C(=O)c3cc(-c4cccnc4)n[nH]3)CC2)c1. The highest BCUT2D eigenvalue weighted by Gasteiger charge is 2.26. The molecule has 2 amide bonds. The summed E-state index contributed by atoms with van der Waals surface area (Å²) in [6.07, 6.45) is 3.41. The highest BCUT2D eigenvalue weighted by atomic mass is 16.2. The molecule has 7 heteroatoms. The fourth-order valence-electron chi connectivity index (χ4n) is 3.66. The standard InChI is InChI=1S/C22H23N5O2/c1-15-10-16(2)12-18(11-15)21(28)26-6-8-27(9-7-26)22(29)20-13-19(24-25-20)17-4-3-5-23-14-17/h3-5,10-14H,6-9H2,1-2H3,(H,24,25). The van der Waals surface area contributed by atoms with Crippen molar-refractivity contribution < 1.29 is 9.59 Å². The van der Waals surface area contributed by atoms with Crippen LogP contribution < -0.4 is 0 Å². The van der Waals surface area contributed by atoms with Crippen molar-refractivity contribution in [3.05, 3.63) is 71.2 Å². The first-order valence-electron chi connectivity index (χ1n) is 9.64. The first kappa shape index (κ1) is 18.9. The molecule has 3 heterocycles. The molecule has 0 radical (unpaired) electrons. The Labute approximate surface area is 169 Å². The van der Waals surface area contributed by atoms with Gasteiger partial charge in [-0.25, -0.2) is 0 Å². The molecule has 0 aliphatic carbocycles. The largest absolute Gasteiger partial charge is 0.335 e. The van der Waals surface area contributed by atoms with E-state index in [-0.39, 0.29) is 11.8 Å². The number of carbonyl (C=O) groups excluding carboxylic acids is 2. The molecule has 148 valence electrons. The molecule has 1 aliphatic rings. The van der Waals surface area contributed by atoms with Gasteiger partial charge in [-0.3, -0.25) is 19.7 Å². The number of piperazine rings is 1. The summed E-state index contributed by atoms with van der Waals surface area (Å²) in [5.41, 5.74) is 4.84. The summed E-state index contributed by atoms with van der Waals surface area (Å²) in [7, 11) is 0. The molecule has 29 heavy (non-hydrogen) atoms. The van der Waals surface area contributed by atoms with E-state index < -0.39 is 0 Å². The summed E-state index contributed by atoms with van der Waals surface area (Å²) in [6, 6.07) is 11.4. The van der Waals surface area contributed by atoms with Gasteiger partial charge in [0.25, 0.3) is 11.8 Å². The van der Waals surface area contributed by atoms with Crippen molar-refractivity contribution in [3.8, 4) is 11.3 Å². The van der Waals surface area contributed by atoms with Gasteiger partial charge in [0.05, 0.1) is 5.69 Å². The number of amides is 2. The summed E-state index contributed by atoms with van der Waals surface area (Å²) in [6.45, 7) is 6.00. The number of nitrogens with zero attached hydrogens (tertiary/aromatic N) is 4. The quantitative estimate of drug-likeness (QED) is 0.747. The molecule has 1 saturated heterocycles. The molecule has 0 saturated carbocycles. The lowest BCUT2D eigenvalue weighted by atomic mass is 10.1. The van der Waals surface area contributed by atoms with Crippen molar-refractivity contribution >= 4 is 11.8 Å². The van der Waals surface area contributed by atoms with Crippen LogP contribution in [0.25, 0.3) is 11.3 Å². The molecule has 1 aromatic carbocycles. The third-order valence-electron chi connectivity index (χ3n) is 5.09. The van der Waals surface area contributed by atoms with Gasteiger partial charge in [-0.15, -0.1) is 0 Å². The number of aromatic nitrogens is 3. The van der Waals surface area contributed by atoms with E-state index in [9.17, 15) is 9.59 Å².